The summed E-state index contributed by atoms with van der Waals surface area (Å²) in [7, 11) is -3.12. The van der Waals surface area contributed by atoms with Gasteiger partial charge in [-0.3, -0.25) is 0 Å². The number of hydrogen-bond donors (Lipinski definition) is 1. The predicted octanol–water partition coefficient (Wildman–Crippen LogP) is 0.298. The Morgan fingerprint density at radius 3 is 2.59 bits per heavy atom. The highest BCUT2D eigenvalue weighted by atomic mass is 32.2. The molecule has 1 saturated heterocycles. The maximum absolute atomic E-state index is 11.4. The average Bonchev–Trinajstić information content (AvgIpc) is 2.50. The second kappa shape index (κ2) is 4.73. The molecule has 0 atom stereocenters. The van der Waals surface area contributed by atoms with Gasteiger partial charge in [0.25, 0.3) is 0 Å². The van der Waals surface area contributed by atoms with Crippen LogP contribution in [0.5, 0.6) is 0 Å². The van der Waals surface area contributed by atoms with Crippen LogP contribution < -0.4 is 9.62 Å². The summed E-state index contributed by atoms with van der Waals surface area (Å²) in [6.07, 6.45) is 0. The van der Waals surface area contributed by atoms with Crippen LogP contribution >= 0.6 is 0 Å². The highest BCUT2D eigenvalue weighted by Gasteiger charge is 2.18. The Bertz CT molecular complexity index is 531. The number of sulfonamides is 1. The monoisotopic (exact) mass is 251 g/mol. The molecule has 1 aromatic rings. The molecule has 0 aromatic heterocycles. The van der Waals surface area contributed by atoms with Crippen molar-refractivity contribution in [2.24, 2.45) is 0 Å². The molecule has 1 aliphatic heterocycles. The molecule has 1 fully saturated rings. The van der Waals surface area contributed by atoms with Gasteiger partial charge in [0.2, 0.25) is 10.0 Å². The molecule has 0 radical (unpaired) electrons. The van der Waals surface area contributed by atoms with Gasteiger partial charge in [0, 0.05) is 25.3 Å². The molecule has 1 aromatic carbocycles. The lowest BCUT2D eigenvalue weighted by molar-refractivity contribution is 0.586. The smallest absolute Gasteiger partial charge is 0.213 e. The molecule has 0 bridgehead atoms. The third-order valence-corrected chi connectivity index (χ3v) is 4.06. The summed E-state index contributed by atoms with van der Waals surface area (Å²) in [6.45, 7) is 1.54. The average molecular weight is 251 g/mol. The third kappa shape index (κ3) is 2.96. The zero-order valence-corrected chi connectivity index (χ0v) is 10.1. The fourth-order valence-electron chi connectivity index (χ4n) is 1.76. The van der Waals surface area contributed by atoms with Crippen molar-refractivity contribution in [3.05, 3.63) is 29.8 Å². The van der Waals surface area contributed by atoms with Crippen molar-refractivity contribution < 1.29 is 8.42 Å². The van der Waals surface area contributed by atoms with E-state index in [2.05, 4.69) is 10.8 Å². The van der Waals surface area contributed by atoms with Crippen LogP contribution in [0.1, 0.15) is 5.56 Å². The maximum Gasteiger partial charge on any atom is 0.213 e. The SMILES string of the molecule is N#Cc1ccc(N2CCNS(=O)(=O)CC2)cc1. The lowest BCUT2D eigenvalue weighted by Crippen LogP contribution is -2.28. The molecule has 1 heterocycles. The van der Waals surface area contributed by atoms with E-state index in [0.29, 0.717) is 25.2 Å². The van der Waals surface area contributed by atoms with Gasteiger partial charge in [-0.1, -0.05) is 0 Å². The molecule has 5 nitrogen and oxygen atoms in total. The Morgan fingerprint density at radius 1 is 1.24 bits per heavy atom. The maximum atomic E-state index is 11.4. The minimum atomic E-state index is -3.12. The van der Waals surface area contributed by atoms with Crippen molar-refractivity contribution in [2.45, 2.75) is 0 Å². The fourth-order valence-corrected chi connectivity index (χ4v) is 2.76. The van der Waals surface area contributed by atoms with Crippen molar-refractivity contribution in [3.63, 3.8) is 0 Å². The Balaban J connectivity index is 2.14. The van der Waals surface area contributed by atoms with Crippen LogP contribution in [0.25, 0.3) is 0 Å². The van der Waals surface area contributed by atoms with Gasteiger partial charge >= 0.3 is 0 Å². The first-order valence-electron chi connectivity index (χ1n) is 5.33. The van der Waals surface area contributed by atoms with Gasteiger partial charge in [0.15, 0.2) is 0 Å². The summed E-state index contributed by atoms with van der Waals surface area (Å²) in [5.41, 5.74) is 1.55. The van der Waals surface area contributed by atoms with Crippen molar-refractivity contribution in [1.82, 2.24) is 4.72 Å². The lowest BCUT2D eigenvalue weighted by Gasteiger charge is -2.21. The molecule has 0 aliphatic carbocycles. The van der Waals surface area contributed by atoms with Crippen molar-refractivity contribution in [2.75, 3.05) is 30.3 Å². The number of nitrogens with zero attached hydrogens (tertiary/aromatic N) is 2. The molecule has 0 saturated carbocycles. The number of nitriles is 1. The standard InChI is InChI=1S/C11H13N3O2S/c12-9-10-1-3-11(4-2-10)14-6-5-13-17(15,16)8-7-14/h1-4,13H,5-8H2. The molecule has 1 aliphatic rings. The van der Waals surface area contributed by atoms with E-state index in [0.717, 1.165) is 5.69 Å². The van der Waals surface area contributed by atoms with E-state index in [1.165, 1.54) is 0 Å². The number of hydrogen-bond acceptors (Lipinski definition) is 4. The van der Waals surface area contributed by atoms with Crippen LogP contribution in [-0.4, -0.2) is 33.8 Å². The molecular weight excluding hydrogens is 238 g/mol. The second-order valence-electron chi connectivity index (χ2n) is 3.86. The Morgan fingerprint density at radius 2 is 1.94 bits per heavy atom. The van der Waals surface area contributed by atoms with Crippen molar-refractivity contribution in [3.8, 4) is 6.07 Å². The largest absolute Gasteiger partial charge is 0.369 e. The van der Waals surface area contributed by atoms with E-state index in [1.807, 2.05) is 17.0 Å². The summed E-state index contributed by atoms with van der Waals surface area (Å²) in [5, 5.41) is 8.70. The fraction of sp³-hybridized carbons (Fsp3) is 0.364. The van der Waals surface area contributed by atoms with Gasteiger partial charge in [-0.25, -0.2) is 13.1 Å². The Kier molecular flexibility index (Phi) is 3.31. The highest BCUT2D eigenvalue weighted by Crippen LogP contribution is 2.15. The van der Waals surface area contributed by atoms with Gasteiger partial charge in [-0.2, -0.15) is 5.26 Å². The first-order valence-corrected chi connectivity index (χ1v) is 6.98. The quantitative estimate of drug-likeness (QED) is 0.779. The van der Waals surface area contributed by atoms with Crippen LogP contribution in [0.15, 0.2) is 24.3 Å². The van der Waals surface area contributed by atoms with Crippen molar-refractivity contribution in [1.29, 1.82) is 5.26 Å². The van der Waals surface area contributed by atoms with Crippen LogP contribution in [-0.2, 0) is 10.0 Å². The highest BCUT2D eigenvalue weighted by molar-refractivity contribution is 7.89. The molecule has 17 heavy (non-hydrogen) atoms. The van der Waals surface area contributed by atoms with Gasteiger partial charge in [-0.15, -0.1) is 0 Å². The zero-order valence-electron chi connectivity index (χ0n) is 9.26. The summed E-state index contributed by atoms with van der Waals surface area (Å²) in [4.78, 5) is 2.00. The van der Waals surface area contributed by atoms with E-state index >= 15 is 0 Å². The normalized spacial score (nSPS) is 19.4. The Labute approximate surface area is 101 Å². The lowest BCUT2D eigenvalue weighted by atomic mass is 10.2. The summed E-state index contributed by atoms with van der Waals surface area (Å²) < 4.78 is 25.3. The van der Waals surface area contributed by atoms with E-state index in [1.54, 1.807) is 12.1 Å². The molecule has 0 spiro atoms. The number of benzene rings is 1. The van der Waals surface area contributed by atoms with E-state index < -0.39 is 10.0 Å². The summed E-state index contributed by atoms with van der Waals surface area (Å²) in [6, 6.07) is 9.22. The van der Waals surface area contributed by atoms with E-state index in [9.17, 15) is 8.42 Å². The van der Waals surface area contributed by atoms with Crippen LogP contribution in [0.3, 0.4) is 0 Å². The van der Waals surface area contributed by atoms with Crippen LogP contribution in [0.2, 0.25) is 0 Å². The van der Waals surface area contributed by atoms with E-state index in [4.69, 9.17) is 5.26 Å². The number of nitrogens with one attached hydrogen (secondary N) is 1. The third-order valence-electron chi connectivity index (χ3n) is 2.70. The molecule has 0 unspecified atom stereocenters. The first-order chi connectivity index (χ1) is 8.11. The van der Waals surface area contributed by atoms with Gasteiger partial charge in [-0.05, 0) is 24.3 Å². The van der Waals surface area contributed by atoms with Crippen LogP contribution in [0.4, 0.5) is 5.69 Å². The first kappa shape index (κ1) is 11.9. The zero-order chi connectivity index (χ0) is 12.3. The minimum absolute atomic E-state index is 0.104. The molecular formula is C11H13N3O2S. The number of rotatable bonds is 1. The Hall–Kier alpha value is -1.58. The number of anilines is 1. The molecule has 0 amide bonds. The topological polar surface area (TPSA) is 73.2 Å². The van der Waals surface area contributed by atoms with Crippen molar-refractivity contribution >= 4 is 15.7 Å². The minimum Gasteiger partial charge on any atom is -0.369 e. The molecule has 1 N–H and O–H groups in total. The second-order valence-corrected chi connectivity index (χ2v) is 5.79. The summed E-state index contributed by atoms with van der Waals surface area (Å²) >= 11 is 0. The van der Waals surface area contributed by atoms with Gasteiger partial charge in [0.1, 0.15) is 0 Å². The van der Waals surface area contributed by atoms with Gasteiger partial charge < -0.3 is 4.90 Å². The van der Waals surface area contributed by atoms with Gasteiger partial charge in [0.05, 0.1) is 17.4 Å². The predicted molar refractivity (Wildman–Crippen MR) is 65.2 cm³/mol. The molecule has 6 heteroatoms. The van der Waals surface area contributed by atoms with E-state index in [-0.39, 0.29) is 5.75 Å². The molecule has 90 valence electrons. The molecule has 2 rings (SSSR count). The van der Waals surface area contributed by atoms with Crippen LogP contribution in [0, 0.1) is 11.3 Å². The summed E-state index contributed by atoms with van der Waals surface area (Å²) in [5.74, 6) is 0.104.